The molecule has 6 nitrogen and oxygen atoms in total. The smallest absolute Gasteiger partial charge is 0.384 e. The van der Waals surface area contributed by atoms with E-state index in [-0.39, 0.29) is 16.3 Å². The van der Waals surface area contributed by atoms with Gasteiger partial charge in [-0.2, -0.15) is 18.3 Å². The second-order valence-corrected chi connectivity index (χ2v) is 11.8. The van der Waals surface area contributed by atoms with Crippen molar-refractivity contribution in [1.82, 2.24) is 14.8 Å². The molecule has 0 saturated heterocycles. The lowest BCUT2D eigenvalue weighted by molar-refractivity contribution is -0.137. The van der Waals surface area contributed by atoms with Gasteiger partial charge in [0.05, 0.1) is 38.6 Å². The largest absolute Gasteiger partial charge is 0.418 e. The minimum absolute atomic E-state index is 0.169. The van der Waals surface area contributed by atoms with Crippen LogP contribution in [0.15, 0.2) is 59.8 Å². The molecule has 0 atom stereocenters. The Balaban J connectivity index is 1.93. The zero-order valence-corrected chi connectivity index (χ0v) is 20.9. The topological polar surface area (TPSA) is 85.1 Å². The SMILES string of the molecule is Cc1cc(-c2cccc(S(C)(=O)=O)c2)sc1-c1cc(C(C)(C)O)nn1-c1cnccc1C(F)(F)F. The molecule has 1 N–H and O–H groups in total. The maximum atomic E-state index is 13.8. The van der Waals surface area contributed by atoms with E-state index >= 15 is 0 Å². The standard InChI is InChI=1S/C24H22F3N3O3S2/c1-14-10-20(15-6-5-7-16(11-15)35(4,32)33)34-22(14)18-12-21(23(2,3)31)29-30(18)19-13-28-9-8-17(19)24(25,26)27/h5-13,31H,1-4H3. The molecule has 0 aliphatic rings. The number of aryl methyl sites for hydroxylation is 1. The monoisotopic (exact) mass is 521 g/mol. The first kappa shape index (κ1) is 25.1. The van der Waals surface area contributed by atoms with Crippen LogP contribution in [0.3, 0.4) is 0 Å². The van der Waals surface area contributed by atoms with Crippen LogP contribution in [-0.4, -0.2) is 34.5 Å². The fourth-order valence-corrected chi connectivity index (χ4v) is 5.42. The second kappa shape index (κ2) is 8.58. The van der Waals surface area contributed by atoms with Crippen LogP contribution in [-0.2, 0) is 21.6 Å². The highest BCUT2D eigenvalue weighted by atomic mass is 32.2. The van der Waals surface area contributed by atoms with E-state index in [0.717, 1.165) is 39.8 Å². The highest BCUT2D eigenvalue weighted by molar-refractivity contribution is 7.90. The third kappa shape index (κ3) is 5.02. The average Bonchev–Trinajstić information content (AvgIpc) is 3.36. The summed E-state index contributed by atoms with van der Waals surface area (Å²) in [7, 11) is -3.41. The number of pyridine rings is 1. The summed E-state index contributed by atoms with van der Waals surface area (Å²) in [6.07, 6.45) is -1.36. The van der Waals surface area contributed by atoms with E-state index in [1.165, 1.54) is 31.3 Å². The third-order valence-corrected chi connectivity index (χ3v) is 7.79. The van der Waals surface area contributed by atoms with E-state index in [0.29, 0.717) is 16.1 Å². The van der Waals surface area contributed by atoms with Gasteiger partial charge in [-0.3, -0.25) is 4.98 Å². The third-order valence-electron chi connectivity index (χ3n) is 5.37. The number of benzene rings is 1. The molecule has 0 fully saturated rings. The summed E-state index contributed by atoms with van der Waals surface area (Å²) in [4.78, 5) is 5.41. The summed E-state index contributed by atoms with van der Waals surface area (Å²) in [6.45, 7) is 4.81. The van der Waals surface area contributed by atoms with Gasteiger partial charge in [-0.25, -0.2) is 13.1 Å². The molecular weight excluding hydrogens is 499 g/mol. The van der Waals surface area contributed by atoms with E-state index in [2.05, 4.69) is 10.1 Å². The van der Waals surface area contributed by atoms with Gasteiger partial charge in [-0.05, 0) is 62.2 Å². The second-order valence-electron chi connectivity index (χ2n) is 8.70. The summed E-state index contributed by atoms with van der Waals surface area (Å²) < 4.78 is 66.5. The molecule has 0 radical (unpaired) electrons. The Bertz CT molecular complexity index is 1510. The molecular formula is C24H22F3N3O3S2. The normalized spacial score (nSPS) is 12.8. The maximum Gasteiger partial charge on any atom is 0.418 e. The summed E-state index contributed by atoms with van der Waals surface area (Å²) >= 11 is 1.29. The summed E-state index contributed by atoms with van der Waals surface area (Å²) in [5.41, 5.74) is -0.604. The molecule has 4 aromatic rings. The quantitative estimate of drug-likeness (QED) is 0.368. The van der Waals surface area contributed by atoms with Gasteiger partial charge < -0.3 is 5.11 Å². The van der Waals surface area contributed by atoms with Gasteiger partial charge in [0.1, 0.15) is 5.60 Å². The Hall–Kier alpha value is -3.02. The Morgan fingerprint density at radius 1 is 1.09 bits per heavy atom. The lowest BCUT2D eigenvalue weighted by atomic mass is 10.1. The van der Waals surface area contributed by atoms with Crippen LogP contribution < -0.4 is 0 Å². The highest BCUT2D eigenvalue weighted by Gasteiger charge is 2.35. The summed E-state index contributed by atoms with van der Waals surface area (Å²) in [6, 6.07) is 10.8. The fourth-order valence-electron chi connectivity index (χ4n) is 3.58. The number of nitrogens with zero attached hydrogens (tertiary/aromatic N) is 3. The minimum atomic E-state index is -4.64. The van der Waals surface area contributed by atoms with Crippen LogP contribution >= 0.6 is 11.3 Å². The molecule has 35 heavy (non-hydrogen) atoms. The van der Waals surface area contributed by atoms with Crippen LogP contribution in [0.5, 0.6) is 0 Å². The zero-order valence-electron chi connectivity index (χ0n) is 19.3. The van der Waals surface area contributed by atoms with Crippen molar-refractivity contribution < 1.29 is 26.7 Å². The van der Waals surface area contributed by atoms with Gasteiger partial charge in [0, 0.05) is 17.3 Å². The number of thiophene rings is 1. The Kier molecular flexibility index (Phi) is 6.15. The lowest BCUT2D eigenvalue weighted by Crippen LogP contribution is -2.17. The number of aromatic nitrogens is 3. The van der Waals surface area contributed by atoms with E-state index in [9.17, 15) is 26.7 Å². The molecule has 0 unspecified atom stereocenters. The summed E-state index contributed by atoms with van der Waals surface area (Å²) in [5.74, 6) is 0. The molecule has 0 aliphatic heterocycles. The number of halogens is 3. The molecule has 3 heterocycles. The van der Waals surface area contributed by atoms with Crippen LogP contribution in [0.1, 0.15) is 30.7 Å². The van der Waals surface area contributed by atoms with Crippen molar-refractivity contribution in [2.45, 2.75) is 37.4 Å². The number of rotatable bonds is 5. The molecule has 3 aromatic heterocycles. The van der Waals surface area contributed by atoms with Gasteiger partial charge in [0.2, 0.25) is 0 Å². The number of hydrogen-bond donors (Lipinski definition) is 1. The molecule has 0 bridgehead atoms. The van der Waals surface area contributed by atoms with Crippen molar-refractivity contribution in [3.05, 3.63) is 71.7 Å². The van der Waals surface area contributed by atoms with Gasteiger partial charge in [0.25, 0.3) is 0 Å². The van der Waals surface area contributed by atoms with Crippen molar-refractivity contribution in [1.29, 1.82) is 0 Å². The first-order valence-corrected chi connectivity index (χ1v) is 13.1. The van der Waals surface area contributed by atoms with Crippen LogP contribution in [0.2, 0.25) is 0 Å². The van der Waals surface area contributed by atoms with E-state index in [1.54, 1.807) is 24.3 Å². The zero-order chi connectivity index (χ0) is 25.8. The van der Waals surface area contributed by atoms with Gasteiger partial charge in [-0.1, -0.05) is 12.1 Å². The van der Waals surface area contributed by atoms with Crippen molar-refractivity contribution in [3.63, 3.8) is 0 Å². The number of aliphatic hydroxyl groups is 1. The minimum Gasteiger partial charge on any atom is -0.384 e. The van der Waals surface area contributed by atoms with Gasteiger partial charge >= 0.3 is 6.18 Å². The first-order chi connectivity index (χ1) is 16.2. The maximum absolute atomic E-state index is 13.8. The van der Waals surface area contributed by atoms with Crippen LogP contribution in [0.4, 0.5) is 13.2 Å². The molecule has 184 valence electrons. The van der Waals surface area contributed by atoms with Crippen molar-refractivity contribution in [3.8, 4) is 26.7 Å². The molecule has 0 amide bonds. The molecule has 1 aromatic carbocycles. The first-order valence-electron chi connectivity index (χ1n) is 10.4. The predicted octanol–water partition coefficient (Wildman–Crippen LogP) is 5.62. The van der Waals surface area contributed by atoms with Gasteiger partial charge in [-0.15, -0.1) is 11.3 Å². The van der Waals surface area contributed by atoms with Gasteiger partial charge in [0.15, 0.2) is 9.84 Å². The van der Waals surface area contributed by atoms with Crippen LogP contribution in [0, 0.1) is 6.92 Å². The molecule has 0 aliphatic carbocycles. The summed E-state index contributed by atoms with van der Waals surface area (Å²) in [5, 5.41) is 14.9. The Labute approximate surface area is 204 Å². The molecule has 4 rings (SSSR count). The predicted molar refractivity (Wildman–Crippen MR) is 128 cm³/mol. The Morgan fingerprint density at radius 2 is 1.80 bits per heavy atom. The van der Waals surface area contributed by atoms with Crippen molar-refractivity contribution in [2.75, 3.05) is 6.26 Å². The highest BCUT2D eigenvalue weighted by Crippen LogP contribution is 2.42. The van der Waals surface area contributed by atoms with E-state index < -0.39 is 27.2 Å². The molecule has 11 heteroatoms. The van der Waals surface area contributed by atoms with Crippen molar-refractivity contribution >= 4 is 21.2 Å². The lowest BCUT2D eigenvalue weighted by Gasteiger charge is -2.15. The number of alkyl halides is 3. The fraction of sp³-hybridized carbons (Fsp3) is 0.250. The molecule has 0 spiro atoms. The van der Waals surface area contributed by atoms with E-state index in [1.807, 2.05) is 13.0 Å². The Morgan fingerprint density at radius 3 is 2.43 bits per heavy atom. The van der Waals surface area contributed by atoms with Crippen LogP contribution in [0.25, 0.3) is 26.7 Å². The molecule has 0 saturated carbocycles. The number of hydrogen-bond acceptors (Lipinski definition) is 6. The average molecular weight is 522 g/mol. The number of sulfone groups is 1. The van der Waals surface area contributed by atoms with Crippen molar-refractivity contribution in [2.24, 2.45) is 0 Å². The van der Waals surface area contributed by atoms with E-state index in [4.69, 9.17) is 0 Å².